The second-order valence-corrected chi connectivity index (χ2v) is 4.17. The number of halogens is 1. The Hall–Kier alpha value is -1.97. The fourth-order valence-electron chi connectivity index (χ4n) is 1.56. The minimum absolute atomic E-state index is 0.300. The molecule has 3 nitrogen and oxygen atoms in total. The normalized spacial score (nSPS) is 10.8. The summed E-state index contributed by atoms with van der Waals surface area (Å²) in [6.07, 6.45) is 2.34. The van der Waals surface area contributed by atoms with Gasteiger partial charge in [0.25, 0.3) is 0 Å². The van der Waals surface area contributed by atoms with E-state index < -0.39 is 5.82 Å². The van der Waals surface area contributed by atoms with Crippen molar-refractivity contribution in [2.45, 2.75) is 19.8 Å². The van der Waals surface area contributed by atoms with Gasteiger partial charge in [0.15, 0.2) is 0 Å². The molecule has 0 aliphatic heterocycles. The highest BCUT2D eigenvalue weighted by Gasteiger charge is 2.09. The van der Waals surface area contributed by atoms with Gasteiger partial charge in [-0.25, -0.2) is 9.07 Å². The molecule has 0 fully saturated rings. The standard InChI is InChI=1S/C13H13FN2O/c1-9(2)12-5-6-16(15-12)13-4-3-10(8-17)7-11(13)14/h3-9H,1-2H3. The lowest BCUT2D eigenvalue weighted by molar-refractivity contribution is 0.112. The van der Waals surface area contributed by atoms with E-state index in [2.05, 4.69) is 5.10 Å². The highest BCUT2D eigenvalue weighted by molar-refractivity contribution is 5.75. The first-order valence-corrected chi connectivity index (χ1v) is 5.42. The van der Waals surface area contributed by atoms with Crippen molar-refractivity contribution in [1.82, 2.24) is 9.78 Å². The van der Waals surface area contributed by atoms with Crippen LogP contribution in [0.2, 0.25) is 0 Å². The van der Waals surface area contributed by atoms with Crippen molar-refractivity contribution >= 4 is 6.29 Å². The van der Waals surface area contributed by atoms with Gasteiger partial charge in [0, 0.05) is 11.8 Å². The predicted octanol–water partition coefficient (Wildman–Crippen LogP) is 2.95. The molecule has 0 bridgehead atoms. The lowest BCUT2D eigenvalue weighted by atomic mass is 10.1. The summed E-state index contributed by atoms with van der Waals surface area (Å²) < 4.78 is 15.2. The van der Waals surface area contributed by atoms with E-state index in [1.165, 1.54) is 10.7 Å². The van der Waals surface area contributed by atoms with Crippen molar-refractivity contribution in [2.24, 2.45) is 0 Å². The Morgan fingerprint density at radius 2 is 2.12 bits per heavy atom. The Kier molecular flexibility index (Phi) is 3.04. The van der Waals surface area contributed by atoms with Crippen molar-refractivity contribution in [3.05, 3.63) is 47.5 Å². The monoisotopic (exact) mass is 232 g/mol. The highest BCUT2D eigenvalue weighted by Crippen LogP contribution is 2.17. The van der Waals surface area contributed by atoms with Crippen LogP contribution in [0.4, 0.5) is 4.39 Å². The van der Waals surface area contributed by atoms with Crippen LogP contribution in [-0.2, 0) is 0 Å². The summed E-state index contributed by atoms with van der Waals surface area (Å²) in [5.74, 6) is -0.151. The molecule has 1 aromatic carbocycles. The second-order valence-electron chi connectivity index (χ2n) is 4.17. The molecule has 0 spiro atoms. The minimum Gasteiger partial charge on any atom is -0.298 e. The van der Waals surface area contributed by atoms with Crippen LogP contribution in [0.3, 0.4) is 0 Å². The topological polar surface area (TPSA) is 34.9 Å². The number of hydrogen-bond acceptors (Lipinski definition) is 2. The van der Waals surface area contributed by atoms with Gasteiger partial charge in [-0.1, -0.05) is 13.8 Å². The van der Waals surface area contributed by atoms with E-state index >= 15 is 0 Å². The first kappa shape index (κ1) is 11.5. The maximum absolute atomic E-state index is 13.7. The van der Waals surface area contributed by atoms with Gasteiger partial charge in [-0.05, 0) is 30.2 Å². The third kappa shape index (κ3) is 2.25. The van der Waals surface area contributed by atoms with Crippen LogP contribution in [0.1, 0.15) is 35.8 Å². The smallest absolute Gasteiger partial charge is 0.150 e. The zero-order chi connectivity index (χ0) is 12.4. The Balaban J connectivity index is 2.42. The summed E-state index contributed by atoms with van der Waals surface area (Å²) in [6, 6.07) is 6.19. The Bertz CT molecular complexity index is 546. The zero-order valence-electron chi connectivity index (χ0n) is 9.72. The van der Waals surface area contributed by atoms with E-state index in [1.54, 1.807) is 18.3 Å². The van der Waals surface area contributed by atoms with E-state index in [4.69, 9.17) is 0 Å². The summed E-state index contributed by atoms with van der Waals surface area (Å²) in [4.78, 5) is 10.5. The van der Waals surface area contributed by atoms with Crippen LogP contribution in [0.5, 0.6) is 0 Å². The van der Waals surface area contributed by atoms with Gasteiger partial charge >= 0.3 is 0 Å². The van der Waals surface area contributed by atoms with Gasteiger partial charge in [0.1, 0.15) is 17.8 Å². The molecule has 0 aliphatic carbocycles. The average molecular weight is 232 g/mol. The number of rotatable bonds is 3. The Morgan fingerprint density at radius 1 is 1.35 bits per heavy atom. The van der Waals surface area contributed by atoms with Gasteiger partial charge < -0.3 is 0 Å². The maximum Gasteiger partial charge on any atom is 0.150 e. The van der Waals surface area contributed by atoms with Gasteiger partial charge in [-0.15, -0.1) is 0 Å². The molecule has 4 heteroatoms. The van der Waals surface area contributed by atoms with E-state index in [0.29, 0.717) is 23.5 Å². The van der Waals surface area contributed by atoms with Crippen molar-refractivity contribution in [1.29, 1.82) is 0 Å². The van der Waals surface area contributed by atoms with Gasteiger partial charge in [0.05, 0.1) is 5.69 Å². The number of hydrogen-bond donors (Lipinski definition) is 0. The van der Waals surface area contributed by atoms with Crippen LogP contribution >= 0.6 is 0 Å². The molecular formula is C13H13FN2O. The van der Waals surface area contributed by atoms with Crippen LogP contribution in [0.25, 0.3) is 5.69 Å². The summed E-state index contributed by atoms with van der Waals surface area (Å²) >= 11 is 0. The number of aldehydes is 1. The molecule has 2 aromatic rings. The molecule has 0 aliphatic rings. The minimum atomic E-state index is -0.451. The first-order valence-electron chi connectivity index (χ1n) is 5.42. The van der Waals surface area contributed by atoms with Gasteiger partial charge in [-0.3, -0.25) is 4.79 Å². The van der Waals surface area contributed by atoms with Crippen molar-refractivity contribution in [3.63, 3.8) is 0 Å². The van der Waals surface area contributed by atoms with E-state index in [1.807, 2.05) is 19.9 Å². The molecule has 1 aromatic heterocycles. The van der Waals surface area contributed by atoms with Crippen LogP contribution in [0, 0.1) is 5.82 Å². The highest BCUT2D eigenvalue weighted by atomic mass is 19.1. The SMILES string of the molecule is CC(C)c1ccn(-c2ccc(C=O)cc2F)n1. The van der Waals surface area contributed by atoms with E-state index in [0.717, 1.165) is 5.69 Å². The molecule has 0 radical (unpaired) electrons. The van der Waals surface area contributed by atoms with E-state index in [-0.39, 0.29) is 0 Å². The quantitative estimate of drug-likeness (QED) is 0.762. The Morgan fingerprint density at radius 3 is 2.65 bits per heavy atom. The average Bonchev–Trinajstić information content (AvgIpc) is 2.78. The summed E-state index contributed by atoms with van der Waals surface area (Å²) in [5.41, 5.74) is 1.58. The summed E-state index contributed by atoms with van der Waals surface area (Å²) in [7, 11) is 0. The third-order valence-electron chi connectivity index (χ3n) is 2.56. The molecule has 0 saturated heterocycles. The Labute approximate surface area is 98.9 Å². The third-order valence-corrected chi connectivity index (χ3v) is 2.56. The van der Waals surface area contributed by atoms with Crippen LogP contribution < -0.4 is 0 Å². The molecule has 2 rings (SSSR count). The molecule has 0 N–H and O–H groups in total. The molecule has 0 saturated carbocycles. The predicted molar refractivity (Wildman–Crippen MR) is 63.0 cm³/mol. The molecule has 0 atom stereocenters. The largest absolute Gasteiger partial charge is 0.298 e. The van der Waals surface area contributed by atoms with Crippen molar-refractivity contribution in [2.75, 3.05) is 0 Å². The van der Waals surface area contributed by atoms with Gasteiger partial charge in [-0.2, -0.15) is 5.10 Å². The zero-order valence-corrected chi connectivity index (χ0v) is 9.72. The van der Waals surface area contributed by atoms with Crippen LogP contribution in [0.15, 0.2) is 30.5 Å². The number of benzene rings is 1. The molecule has 88 valence electrons. The number of carbonyl (C=O) groups is 1. The molecule has 1 heterocycles. The molecule has 0 unspecified atom stereocenters. The maximum atomic E-state index is 13.7. The van der Waals surface area contributed by atoms with Crippen molar-refractivity contribution in [3.8, 4) is 5.69 Å². The molecule has 17 heavy (non-hydrogen) atoms. The fourth-order valence-corrected chi connectivity index (χ4v) is 1.56. The molecular weight excluding hydrogens is 219 g/mol. The van der Waals surface area contributed by atoms with Crippen LogP contribution in [-0.4, -0.2) is 16.1 Å². The lowest BCUT2D eigenvalue weighted by Crippen LogP contribution is -2.00. The fraction of sp³-hybridized carbons (Fsp3) is 0.231. The summed E-state index contributed by atoms with van der Waals surface area (Å²) in [5, 5.41) is 4.28. The first-order chi connectivity index (χ1) is 8.11. The number of carbonyl (C=O) groups excluding carboxylic acids is 1. The lowest BCUT2D eigenvalue weighted by Gasteiger charge is -2.04. The van der Waals surface area contributed by atoms with Crippen molar-refractivity contribution < 1.29 is 9.18 Å². The van der Waals surface area contributed by atoms with E-state index in [9.17, 15) is 9.18 Å². The number of aromatic nitrogens is 2. The second kappa shape index (κ2) is 4.49. The number of nitrogens with zero attached hydrogens (tertiary/aromatic N) is 2. The molecule has 0 amide bonds. The summed E-state index contributed by atoms with van der Waals surface area (Å²) in [6.45, 7) is 4.05. The van der Waals surface area contributed by atoms with Gasteiger partial charge in [0.2, 0.25) is 0 Å².